The highest BCUT2D eigenvalue weighted by atomic mass is 16.3. The van der Waals surface area contributed by atoms with Crippen molar-refractivity contribution in [2.24, 2.45) is 0 Å². The average Bonchev–Trinajstić information content (AvgIpc) is 2.98. The quantitative estimate of drug-likeness (QED) is 0.589. The van der Waals surface area contributed by atoms with Gasteiger partial charge in [0.05, 0.1) is 13.2 Å². The van der Waals surface area contributed by atoms with Gasteiger partial charge in [-0.25, -0.2) is 4.48 Å². The van der Waals surface area contributed by atoms with Gasteiger partial charge >= 0.3 is 0 Å². The van der Waals surface area contributed by atoms with Crippen LogP contribution in [0.2, 0.25) is 0 Å². The van der Waals surface area contributed by atoms with Gasteiger partial charge in [0.2, 0.25) is 0 Å². The van der Waals surface area contributed by atoms with E-state index in [9.17, 15) is 0 Å². The molecule has 0 bridgehead atoms. The van der Waals surface area contributed by atoms with Crippen LogP contribution in [-0.2, 0) is 0 Å². The van der Waals surface area contributed by atoms with Crippen molar-refractivity contribution in [3.63, 3.8) is 0 Å². The van der Waals surface area contributed by atoms with Crippen molar-refractivity contribution in [2.75, 3.05) is 14.1 Å². The minimum atomic E-state index is -0.0714. The lowest BCUT2D eigenvalue weighted by Crippen LogP contribution is -2.59. The van der Waals surface area contributed by atoms with Crippen LogP contribution < -0.4 is 4.48 Å². The van der Waals surface area contributed by atoms with Gasteiger partial charge in [0, 0.05) is 37.2 Å². The number of hydrogen-bond acceptors (Lipinski definition) is 2. The van der Waals surface area contributed by atoms with Gasteiger partial charge in [-0.2, -0.15) is 0 Å². The van der Waals surface area contributed by atoms with Crippen LogP contribution in [0.5, 0.6) is 0 Å². The van der Waals surface area contributed by atoms with E-state index in [1.807, 2.05) is 12.1 Å². The second-order valence-electron chi connectivity index (χ2n) is 7.18. The molecule has 0 saturated carbocycles. The lowest BCUT2D eigenvalue weighted by Gasteiger charge is -2.43. The number of para-hydroxylation sites is 1. The normalized spacial score (nSPS) is 23.3. The SMILES string of the molecule is Cc1ccc2c(oc3ccccc32)c1[N+]1(C)C=CN(C)C1(C)C. The number of aryl methyl sites for hydroxylation is 1. The zero-order valence-corrected chi connectivity index (χ0v) is 14.4. The zero-order chi connectivity index (χ0) is 16.4. The maximum Gasteiger partial charge on any atom is 0.196 e. The molecule has 3 aromatic rings. The molecule has 2 heterocycles. The van der Waals surface area contributed by atoms with Crippen LogP contribution in [0.4, 0.5) is 5.69 Å². The second-order valence-corrected chi connectivity index (χ2v) is 7.18. The number of fused-ring (bicyclic) bond motifs is 3. The number of rotatable bonds is 1. The number of nitrogens with zero attached hydrogens (tertiary/aromatic N) is 2. The number of furan rings is 1. The molecule has 2 aromatic carbocycles. The first kappa shape index (κ1) is 14.3. The van der Waals surface area contributed by atoms with Gasteiger partial charge in [0.1, 0.15) is 11.8 Å². The van der Waals surface area contributed by atoms with E-state index in [4.69, 9.17) is 4.42 Å². The van der Waals surface area contributed by atoms with Crippen LogP contribution in [0.15, 0.2) is 53.2 Å². The molecule has 0 amide bonds. The Kier molecular flexibility index (Phi) is 2.74. The minimum Gasteiger partial charge on any atom is -0.450 e. The summed E-state index contributed by atoms with van der Waals surface area (Å²) in [7, 11) is 4.39. The molecular weight excluding hydrogens is 284 g/mol. The summed E-state index contributed by atoms with van der Waals surface area (Å²) in [4.78, 5) is 2.27. The molecule has 0 fully saturated rings. The predicted molar refractivity (Wildman–Crippen MR) is 97.2 cm³/mol. The Morgan fingerprint density at radius 3 is 2.48 bits per heavy atom. The molecular formula is C20H23N2O+. The van der Waals surface area contributed by atoms with E-state index in [1.165, 1.54) is 22.0 Å². The fourth-order valence-corrected chi connectivity index (χ4v) is 3.72. The highest BCUT2D eigenvalue weighted by Gasteiger charge is 2.49. The first-order valence-corrected chi connectivity index (χ1v) is 8.06. The fraction of sp³-hybridized carbons (Fsp3) is 0.300. The highest BCUT2D eigenvalue weighted by molar-refractivity contribution is 6.09. The van der Waals surface area contributed by atoms with Crippen LogP contribution in [0, 0.1) is 6.92 Å². The third kappa shape index (κ3) is 1.68. The predicted octanol–water partition coefficient (Wildman–Crippen LogP) is 4.98. The monoisotopic (exact) mass is 307 g/mol. The number of quaternary nitrogens is 1. The molecule has 3 heteroatoms. The van der Waals surface area contributed by atoms with Crippen LogP contribution in [-0.4, -0.2) is 24.7 Å². The third-order valence-corrected chi connectivity index (χ3v) is 5.78. The number of benzene rings is 2. The standard InChI is InChI=1S/C20H23N2O/c1-14-10-11-16-15-8-6-7-9-17(15)23-19(16)18(14)22(5)13-12-21(4)20(22,2)3/h6-13H,1-5H3/q+1. The molecule has 1 atom stereocenters. The van der Waals surface area contributed by atoms with Gasteiger partial charge in [-0.15, -0.1) is 0 Å². The van der Waals surface area contributed by atoms with Crippen LogP contribution in [0.25, 0.3) is 21.9 Å². The molecule has 3 nitrogen and oxygen atoms in total. The second kappa shape index (κ2) is 4.39. The van der Waals surface area contributed by atoms with Gasteiger partial charge in [-0.05, 0) is 19.1 Å². The third-order valence-electron chi connectivity index (χ3n) is 5.78. The Hall–Kier alpha value is -2.26. The van der Waals surface area contributed by atoms with Crippen molar-refractivity contribution in [3.8, 4) is 0 Å². The van der Waals surface area contributed by atoms with Crippen molar-refractivity contribution in [3.05, 3.63) is 54.4 Å². The summed E-state index contributed by atoms with van der Waals surface area (Å²) in [5.74, 6) is 0. The van der Waals surface area contributed by atoms with E-state index in [0.717, 1.165) is 11.2 Å². The minimum absolute atomic E-state index is 0.0714. The maximum atomic E-state index is 6.30. The van der Waals surface area contributed by atoms with Crippen LogP contribution in [0.3, 0.4) is 0 Å². The van der Waals surface area contributed by atoms with E-state index in [0.29, 0.717) is 4.48 Å². The number of hydrogen-bond donors (Lipinski definition) is 0. The Labute approximate surface area is 137 Å². The summed E-state index contributed by atoms with van der Waals surface area (Å²) in [6, 6.07) is 12.7. The van der Waals surface area contributed by atoms with Crippen molar-refractivity contribution in [2.45, 2.75) is 26.4 Å². The summed E-state index contributed by atoms with van der Waals surface area (Å²) in [6.07, 6.45) is 4.43. The molecule has 1 unspecified atom stereocenters. The first-order valence-electron chi connectivity index (χ1n) is 8.06. The largest absolute Gasteiger partial charge is 0.450 e. The lowest BCUT2D eigenvalue weighted by atomic mass is 10.0. The van der Waals surface area contributed by atoms with Crippen molar-refractivity contribution in [1.82, 2.24) is 9.38 Å². The molecule has 0 saturated heterocycles. The topological polar surface area (TPSA) is 16.4 Å². The van der Waals surface area contributed by atoms with E-state index in [-0.39, 0.29) is 5.66 Å². The van der Waals surface area contributed by atoms with Gasteiger partial charge in [0.25, 0.3) is 0 Å². The first-order chi connectivity index (χ1) is 10.9. The summed E-state index contributed by atoms with van der Waals surface area (Å²) in [5.41, 5.74) is 4.38. The molecule has 118 valence electrons. The van der Waals surface area contributed by atoms with Crippen molar-refractivity contribution >= 4 is 27.6 Å². The van der Waals surface area contributed by atoms with E-state index in [1.54, 1.807) is 0 Å². The summed E-state index contributed by atoms with van der Waals surface area (Å²) in [5, 5.41) is 2.38. The summed E-state index contributed by atoms with van der Waals surface area (Å²) >= 11 is 0. The Morgan fingerprint density at radius 2 is 1.78 bits per heavy atom. The smallest absolute Gasteiger partial charge is 0.196 e. The summed E-state index contributed by atoms with van der Waals surface area (Å²) in [6.45, 7) is 6.72. The highest BCUT2D eigenvalue weighted by Crippen LogP contribution is 2.46. The van der Waals surface area contributed by atoms with Crippen molar-refractivity contribution in [1.29, 1.82) is 0 Å². The molecule has 0 aliphatic carbocycles. The maximum absolute atomic E-state index is 6.30. The Morgan fingerprint density at radius 1 is 1.04 bits per heavy atom. The lowest BCUT2D eigenvalue weighted by molar-refractivity contribution is 0.107. The zero-order valence-electron chi connectivity index (χ0n) is 14.4. The van der Waals surface area contributed by atoms with Crippen LogP contribution >= 0.6 is 0 Å². The molecule has 0 N–H and O–H groups in total. The molecule has 1 aliphatic rings. The Bertz CT molecular complexity index is 951. The molecule has 0 spiro atoms. The molecule has 4 rings (SSSR count). The molecule has 23 heavy (non-hydrogen) atoms. The average molecular weight is 307 g/mol. The van der Waals surface area contributed by atoms with Gasteiger partial charge < -0.3 is 9.32 Å². The summed E-state index contributed by atoms with van der Waals surface area (Å²) < 4.78 is 7.00. The molecule has 0 radical (unpaired) electrons. The van der Waals surface area contributed by atoms with E-state index >= 15 is 0 Å². The van der Waals surface area contributed by atoms with Gasteiger partial charge in [-0.1, -0.05) is 24.3 Å². The van der Waals surface area contributed by atoms with Gasteiger partial charge in [-0.3, -0.25) is 0 Å². The molecule has 1 aromatic heterocycles. The van der Waals surface area contributed by atoms with Gasteiger partial charge in [0.15, 0.2) is 16.9 Å². The van der Waals surface area contributed by atoms with Crippen molar-refractivity contribution < 1.29 is 4.42 Å². The fourth-order valence-electron chi connectivity index (χ4n) is 3.72. The van der Waals surface area contributed by atoms with E-state index in [2.05, 4.69) is 76.4 Å². The van der Waals surface area contributed by atoms with Crippen LogP contribution in [0.1, 0.15) is 19.4 Å². The van der Waals surface area contributed by atoms with E-state index < -0.39 is 0 Å². The Balaban J connectivity index is 2.11. The molecule has 1 aliphatic heterocycles.